The summed E-state index contributed by atoms with van der Waals surface area (Å²) in [6, 6.07) is 3.87. The van der Waals surface area contributed by atoms with Gasteiger partial charge in [-0.3, -0.25) is 9.48 Å². The van der Waals surface area contributed by atoms with Crippen molar-refractivity contribution in [1.29, 1.82) is 0 Å². The highest BCUT2D eigenvalue weighted by Gasteiger charge is 2.24. The van der Waals surface area contributed by atoms with Gasteiger partial charge in [0.2, 0.25) is 5.78 Å². The lowest BCUT2D eigenvalue weighted by molar-refractivity contribution is 0.102. The van der Waals surface area contributed by atoms with E-state index < -0.39 is 23.0 Å². The summed E-state index contributed by atoms with van der Waals surface area (Å²) < 4.78 is 29.3. The van der Waals surface area contributed by atoms with E-state index >= 15 is 0 Å². The van der Waals surface area contributed by atoms with Crippen molar-refractivity contribution in [2.75, 3.05) is 0 Å². The Bertz CT molecular complexity index is 667. The molecule has 0 aliphatic carbocycles. The van der Waals surface area contributed by atoms with Crippen molar-refractivity contribution in [2.24, 2.45) is 0 Å². The smallest absolute Gasteiger partial charge is 0.216 e. The van der Waals surface area contributed by atoms with Gasteiger partial charge in [-0.1, -0.05) is 6.92 Å². The Morgan fingerprint density at radius 1 is 1.35 bits per heavy atom. The molecule has 0 spiro atoms. The normalized spacial score (nSPS) is 10.8. The molecule has 0 fully saturated rings. The van der Waals surface area contributed by atoms with Gasteiger partial charge >= 0.3 is 0 Å². The molecule has 0 aliphatic rings. The number of halogens is 3. The molecule has 1 aromatic heterocycles. The van der Waals surface area contributed by atoms with E-state index in [9.17, 15) is 13.6 Å². The third kappa shape index (κ3) is 2.52. The van der Waals surface area contributed by atoms with Gasteiger partial charge in [-0.05, 0) is 47.5 Å². The molecule has 2 rings (SSSR count). The van der Waals surface area contributed by atoms with E-state index in [1.54, 1.807) is 6.07 Å². The fourth-order valence-electron chi connectivity index (χ4n) is 1.93. The zero-order valence-corrected chi connectivity index (χ0v) is 12.7. The number of benzene rings is 1. The van der Waals surface area contributed by atoms with Gasteiger partial charge in [0, 0.05) is 6.54 Å². The van der Waals surface area contributed by atoms with Gasteiger partial charge in [0.25, 0.3) is 0 Å². The predicted octanol–water partition coefficient (Wildman–Crippen LogP) is 3.74. The lowest BCUT2D eigenvalue weighted by Crippen LogP contribution is -2.14. The number of rotatable bonds is 4. The minimum Gasteiger partial charge on any atom is -0.287 e. The summed E-state index contributed by atoms with van der Waals surface area (Å²) in [7, 11) is 0. The Balaban J connectivity index is 2.57. The van der Waals surface area contributed by atoms with Crippen LogP contribution in [0.1, 0.15) is 35.6 Å². The first-order chi connectivity index (χ1) is 9.49. The summed E-state index contributed by atoms with van der Waals surface area (Å²) in [5.41, 5.74) is 0.350. The summed E-state index contributed by atoms with van der Waals surface area (Å²) in [5, 5.41) is 4.21. The molecule has 1 aromatic carbocycles. The van der Waals surface area contributed by atoms with Crippen molar-refractivity contribution in [3.05, 3.63) is 51.3 Å². The summed E-state index contributed by atoms with van der Waals surface area (Å²) in [5.74, 6) is -2.47. The Morgan fingerprint density at radius 2 is 2.05 bits per heavy atom. The first-order valence-electron chi connectivity index (χ1n) is 6.24. The molecule has 0 saturated heterocycles. The molecule has 0 radical (unpaired) electrons. The van der Waals surface area contributed by atoms with Crippen LogP contribution in [0.3, 0.4) is 0 Å². The zero-order valence-electron chi connectivity index (χ0n) is 11.1. The average molecular weight is 343 g/mol. The second-order valence-corrected chi connectivity index (χ2v) is 5.09. The molecule has 106 valence electrons. The minimum atomic E-state index is -0.892. The predicted molar refractivity (Wildman–Crippen MR) is 74.8 cm³/mol. The summed E-state index contributed by atoms with van der Waals surface area (Å²) in [4.78, 5) is 12.4. The molecule has 1 heterocycles. The minimum absolute atomic E-state index is 0.0560. The summed E-state index contributed by atoms with van der Waals surface area (Å²) in [6.45, 7) is 4.17. The molecular formula is C14H13BrF2N2O. The molecule has 0 atom stereocenters. The first kappa shape index (κ1) is 14.8. The maximum atomic E-state index is 14.0. The van der Waals surface area contributed by atoms with Crippen LogP contribution < -0.4 is 0 Å². The van der Waals surface area contributed by atoms with E-state index in [-0.39, 0.29) is 10.2 Å². The molecule has 0 bridgehead atoms. The van der Waals surface area contributed by atoms with E-state index in [0.29, 0.717) is 18.7 Å². The Hall–Kier alpha value is -1.56. The average Bonchev–Trinajstić information content (AvgIpc) is 2.86. The van der Waals surface area contributed by atoms with Gasteiger partial charge in [0.15, 0.2) is 5.82 Å². The molecular weight excluding hydrogens is 330 g/mol. The van der Waals surface area contributed by atoms with E-state index in [1.807, 2.05) is 13.8 Å². The van der Waals surface area contributed by atoms with Gasteiger partial charge in [-0.2, -0.15) is 5.10 Å². The SMILES string of the molecule is CCc1cc(C(=O)c2c(F)ccc(Br)c2F)n(CC)n1. The van der Waals surface area contributed by atoms with Crippen molar-refractivity contribution >= 4 is 21.7 Å². The third-order valence-electron chi connectivity index (χ3n) is 3.00. The maximum absolute atomic E-state index is 14.0. The summed E-state index contributed by atoms with van der Waals surface area (Å²) >= 11 is 2.96. The molecule has 2 aromatic rings. The third-order valence-corrected chi connectivity index (χ3v) is 3.61. The first-order valence-corrected chi connectivity index (χ1v) is 7.03. The standard InChI is InChI=1S/C14H13BrF2N2O/c1-3-8-7-11(19(4-2)18-8)14(20)12-10(16)6-5-9(15)13(12)17/h5-7H,3-4H2,1-2H3. The number of aromatic nitrogens is 2. The molecule has 6 heteroatoms. The highest BCUT2D eigenvalue weighted by molar-refractivity contribution is 9.10. The van der Waals surface area contributed by atoms with E-state index in [0.717, 1.165) is 6.07 Å². The van der Waals surface area contributed by atoms with Crippen LogP contribution in [-0.2, 0) is 13.0 Å². The van der Waals surface area contributed by atoms with Crippen LogP contribution in [0.2, 0.25) is 0 Å². The molecule has 0 amide bonds. The summed E-state index contributed by atoms with van der Waals surface area (Å²) in [6.07, 6.45) is 0.650. The fourth-order valence-corrected chi connectivity index (χ4v) is 2.26. The molecule has 0 saturated carbocycles. The van der Waals surface area contributed by atoms with E-state index in [4.69, 9.17) is 0 Å². The second kappa shape index (κ2) is 5.83. The van der Waals surface area contributed by atoms with Crippen LogP contribution in [0, 0.1) is 11.6 Å². The van der Waals surface area contributed by atoms with Crippen molar-refractivity contribution in [3.63, 3.8) is 0 Å². The van der Waals surface area contributed by atoms with Crippen LogP contribution in [0.5, 0.6) is 0 Å². The van der Waals surface area contributed by atoms with Crippen LogP contribution in [-0.4, -0.2) is 15.6 Å². The van der Waals surface area contributed by atoms with Crippen molar-refractivity contribution in [1.82, 2.24) is 9.78 Å². The largest absolute Gasteiger partial charge is 0.287 e. The second-order valence-electron chi connectivity index (χ2n) is 4.24. The topological polar surface area (TPSA) is 34.9 Å². The Labute approximate surface area is 123 Å². The molecule has 0 unspecified atom stereocenters. The Kier molecular flexibility index (Phi) is 4.32. The van der Waals surface area contributed by atoms with Crippen LogP contribution in [0.15, 0.2) is 22.7 Å². The van der Waals surface area contributed by atoms with Crippen molar-refractivity contribution < 1.29 is 13.6 Å². The van der Waals surface area contributed by atoms with Gasteiger partial charge in [0.1, 0.15) is 11.5 Å². The number of hydrogen-bond donors (Lipinski definition) is 0. The number of nitrogens with zero attached hydrogens (tertiary/aromatic N) is 2. The molecule has 0 aliphatic heterocycles. The number of carbonyl (C=O) groups is 1. The number of hydrogen-bond acceptors (Lipinski definition) is 2. The highest BCUT2D eigenvalue weighted by atomic mass is 79.9. The van der Waals surface area contributed by atoms with Crippen LogP contribution >= 0.6 is 15.9 Å². The highest BCUT2D eigenvalue weighted by Crippen LogP contribution is 2.24. The number of carbonyl (C=O) groups excluding carboxylic acids is 1. The van der Waals surface area contributed by atoms with Gasteiger partial charge < -0.3 is 0 Å². The number of aryl methyl sites for hydroxylation is 2. The van der Waals surface area contributed by atoms with Gasteiger partial charge in [-0.25, -0.2) is 8.78 Å². The van der Waals surface area contributed by atoms with Gasteiger partial charge in [0.05, 0.1) is 15.7 Å². The van der Waals surface area contributed by atoms with Crippen LogP contribution in [0.25, 0.3) is 0 Å². The fraction of sp³-hybridized carbons (Fsp3) is 0.286. The lowest BCUT2D eigenvalue weighted by Gasteiger charge is -2.07. The van der Waals surface area contributed by atoms with E-state index in [1.165, 1.54) is 10.7 Å². The Morgan fingerprint density at radius 3 is 2.65 bits per heavy atom. The molecule has 3 nitrogen and oxygen atoms in total. The maximum Gasteiger partial charge on any atom is 0.216 e. The van der Waals surface area contributed by atoms with E-state index in [2.05, 4.69) is 21.0 Å². The van der Waals surface area contributed by atoms with Gasteiger partial charge in [-0.15, -0.1) is 0 Å². The molecule has 0 N–H and O–H groups in total. The quantitative estimate of drug-likeness (QED) is 0.626. The lowest BCUT2D eigenvalue weighted by atomic mass is 10.1. The molecule has 20 heavy (non-hydrogen) atoms. The monoisotopic (exact) mass is 342 g/mol. The van der Waals surface area contributed by atoms with Crippen LogP contribution in [0.4, 0.5) is 8.78 Å². The van der Waals surface area contributed by atoms with Crippen molar-refractivity contribution in [3.8, 4) is 0 Å². The number of ketones is 1. The zero-order chi connectivity index (χ0) is 14.9. The van der Waals surface area contributed by atoms with Crippen molar-refractivity contribution in [2.45, 2.75) is 26.8 Å².